The zero-order valence-corrected chi connectivity index (χ0v) is 9.97. The van der Waals surface area contributed by atoms with Crippen LogP contribution in [0.3, 0.4) is 0 Å². The lowest BCUT2D eigenvalue weighted by Crippen LogP contribution is -2.03. The van der Waals surface area contributed by atoms with Gasteiger partial charge in [0.25, 0.3) is 0 Å². The zero-order valence-electron chi connectivity index (χ0n) is 9.97. The first-order valence-electron chi connectivity index (χ1n) is 5.44. The summed E-state index contributed by atoms with van der Waals surface area (Å²) in [5.41, 5.74) is 2.88. The summed E-state index contributed by atoms with van der Waals surface area (Å²) in [5, 5.41) is 3.29. The fraction of sp³-hybridized carbons (Fsp3) is 0.231. The summed E-state index contributed by atoms with van der Waals surface area (Å²) in [4.78, 5) is 8.44. The first kappa shape index (κ1) is 11.4. The van der Waals surface area contributed by atoms with Crippen molar-refractivity contribution in [2.45, 2.75) is 13.5 Å². The average molecular weight is 229 g/mol. The second kappa shape index (κ2) is 5.30. The summed E-state index contributed by atoms with van der Waals surface area (Å²) in [5.74, 6) is 0.742. The molecule has 1 N–H and O–H groups in total. The number of methoxy groups -OCH3 is 1. The van der Waals surface area contributed by atoms with Crippen LogP contribution in [0.25, 0.3) is 0 Å². The largest absolute Gasteiger partial charge is 0.493 e. The molecule has 2 aromatic rings. The number of rotatable bonds is 4. The summed E-state index contributed by atoms with van der Waals surface area (Å²) >= 11 is 0. The Morgan fingerprint density at radius 1 is 1.29 bits per heavy atom. The van der Waals surface area contributed by atoms with Crippen molar-refractivity contribution in [3.05, 3.63) is 48.0 Å². The standard InChI is InChI=1S/C13H15N3O/c1-10-7-12(13(17-2)9-15-10)16-8-11-5-3-4-6-14-11/h3-7,9H,8H2,1-2H3,(H,15,16). The number of hydrogen-bond acceptors (Lipinski definition) is 4. The minimum atomic E-state index is 0.667. The number of nitrogens with zero attached hydrogens (tertiary/aromatic N) is 2. The van der Waals surface area contributed by atoms with Crippen LogP contribution < -0.4 is 10.1 Å². The molecule has 2 aromatic heterocycles. The quantitative estimate of drug-likeness (QED) is 0.874. The van der Waals surface area contributed by atoms with Gasteiger partial charge in [-0.2, -0.15) is 0 Å². The molecule has 2 rings (SSSR count). The maximum atomic E-state index is 5.24. The van der Waals surface area contributed by atoms with Gasteiger partial charge in [0.1, 0.15) is 0 Å². The molecule has 0 aromatic carbocycles. The van der Waals surface area contributed by atoms with Crippen molar-refractivity contribution in [3.63, 3.8) is 0 Å². The maximum Gasteiger partial charge on any atom is 0.160 e. The van der Waals surface area contributed by atoms with Crippen LogP contribution in [-0.2, 0) is 6.54 Å². The first-order chi connectivity index (χ1) is 8.29. The molecule has 0 aliphatic heterocycles. The lowest BCUT2D eigenvalue weighted by atomic mass is 10.3. The Labute approximate surface area is 101 Å². The minimum Gasteiger partial charge on any atom is -0.493 e. The number of ether oxygens (including phenoxy) is 1. The molecule has 0 atom stereocenters. The van der Waals surface area contributed by atoms with E-state index >= 15 is 0 Å². The monoisotopic (exact) mass is 229 g/mol. The smallest absolute Gasteiger partial charge is 0.160 e. The lowest BCUT2D eigenvalue weighted by molar-refractivity contribution is 0.414. The molecule has 17 heavy (non-hydrogen) atoms. The van der Waals surface area contributed by atoms with E-state index in [4.69, 9.17) is 4.74 Å². The van der Waals surface area contributed by atoms with Crippen molar-refractivity contribution in [1.29, 1.82) is 0 Å². The van der Waals surface area contributed by atoms with Gasteiger partial charge in [-0.25, -0.2) is 0 Å². The molecule has 2 heterocycles. The third kappa shape index (κ3) is 2.93. The minimum absolute atomic E-state index is 0.667. The fourth-order valence-electron chi connectivity index (χ4n) is 1.54. The van der Waals surface area contributed by atoms with Crippen LogP contribution in [0.2, 0.25) is 0 Å². The van der Waals surface area contributed by atoms with Crippen molar-refractivity contribution in [2.75, 3.05) is 12.4 Å². The molecule has 0 fully saturated rings. The Balaban J connectivity index is 2.11. The molecule has 0 saturated carbocycles. The average Bonchev–Trinajstić information content (AvgIpc) is 2.38. The number of aromatic nitrogens is 2. The van der Waals surface area contributed by atoms with E-state index in [-0.39, 0.29) is 0 Å². The van der Waals surface area contributed by atoms with Crippen LogP contribution in [0.4, 0.5) is 5.69 Å². The third-order valence-electron chi connectivity index (χ3n) is 2.41. The highest BCUT2D eigenvalue weighted by Crippen LogP contribution is 2.23. The van der Waals surface area contributed by atoms with Gasteiger partial charge in [-0.1, -0.05) is 6.07 Å². The molecule has 0 saturated heterocycles. The van der Waals surface area contributed by atoms with Crippen molar-refractivity contribution in [1.82, 2.24) is 9.97 Å². The van der Waals surface area contributed by atoms with E-state index in [0.29, 0.717) is 6.54 Å². The van der Waals surface area contributed by atoms with Gasteiger partial charge in [-0.15, -0.1) is 0 Å². The maximum absolute atomic E-state index is 5.24. The van der Waals surface area contributed by atoms with Crippen LogP contribution in [0.15, 0.2) is 36.7 Å². The highest BCUT2D eigenvalue weighted by Gasteiger charge is 2.03. The predicted octanol–water partition coefficient (Wildman–Crippen LogP) is 2.41. The van der Waals surface area contributed by atoms with Crippen molar-refractivity contribution in [3.8, 4) is 5.75 Å². The van der Waals surface area contributed by atoms with Gasteiger partial charge in [0, 0.05) is 11.9 Å². The second-order valence-corrected chi connectivity index (χ2v) is 3.70. The topological polar surface area (TPSA) is 47.0 Å². The van der Waals surface area contributed by atoms with E-state index in [1.54, 1.807) is 19.5 Å². The Morgan fingerprint density at radius 3 is 2.88 bits per heavy atom. The molecule has 0 aliphatic rings. The molecular weight excluding hydrogens is 214 g/mol. The molecule has 0 radical (unpaired) electrons. The summed E-state index contributed by atoms with van der Waals surface area (Å²) in [7, 11) is 1.64. The van der Waals surface area contributed by atoms with Gasteiger partial charge in [0.2, 0.25) is 0 Å². The fourth-order valence-corrected chi connectivity index (χ4v) is 1.54. The Kier molecular flexibility index (Phi) is 3.55. The van der Waals surface area contributed by atoms with Crippen LogP contribution in [0.1, 0.15) is 11.4 Å². The van der Waals surface area contributed by atoms with E-state index in [1.165, 1.54) is 0 Å². The third-order valence-corrected chi connectivity index (χ3v) is 2.41. The lowest BCUT2D eigenvalue weighted by Gasteiger charge is -2.10. The van der Waals surface area contributed by atoms with Crippen LogP contribution in [-0.4, -0.2) is 17.1 Å². The van der Waals surface area contributed by atoms with Crippen LogP contribution in [0, 0.1) is 6.92 Å². The van der Waals surface area contributed by atoms with Gasteiger partial charge in [0.15, 0.2) is 5.75 Å². The first-order valence-corrected chi connectivity index (χ1v) is 5.44. The molecule has 0 aliphatic carbocycles. The molecular formula is C13H15N3O. The number of aryl methyl sites for hydroxylation is 1. The van der Waals surface area contributed by atoms with Crippen LogP contribution >= 0.6 is 0 Å². The molecule has 4 heteroatoms. The number of anilines is 1. The van der Waals surface area contributed by atoms with Crippen molar-refractivity contribution in [2.24, 2.45) is 0 Å². The molecule has 0 bridgehead atoms. The summed E-state index contributed by atoms with van der Waals surface area (Å²) in [6.07, 6.45) is 3.50. The molecule has 0 amide bonds. The molecule has 88 valence electrons. The van der Waals surface area contributed by atoms with E-state index in [1.807, 2.05) is 31.2 Å². The normalized spacial score (nSPS) is 10.0. The number of hydrogen-bond donors (Lipinski definition) is 1. The van der Waals surface area contributed by atoms with E-state index in [0.717, 1.165) is 22.8 Å². The number of nitrogens with one attached hydrogen (secondary N) is 1. The van der Waals surface area contributed by atoms with Gasteiger partial charge >= 0.3 is 0 Å². The predicted molar refractivity (Wildman–Crippen MR) is 67.1 cm³/mol. The van der Waals surface area contributed by atoms with Crippen molar-refractivity contribution < 1.29 is 4.74 Å². The van der Waals surface area contributed by atoms with E-state index < -0.39 is 0 Å². The van der Waals surface area contributed by atoms with Gasteiger partial charge in [-0.05, 0) is 25.1 Å². The zero-order chi connectivity index (χ0) is 12.1. The Hall–Kier alpha value is -2.10. The molecule has 0 unspecified atom stereocenters. The Bertz CT molecular complexity index is 485. The second-order valence-electron chi connectivity index (χ2n) is 3.70. The Morgan fingerprint density at radius 2 is 2.18 bits per heavy atom. The van der Waals surface area contributed by atoms with E-state index in [9.17, 15) is 0 Å². The van der Waals surface area contributed by atoms with Gasteiger partial charge in [-0.3, -0.25) is 9.97 Å². The van der Waals surface area contributed by atoms with E-state index in [2.05, 4.69) is 15.3 Å². The molecule has 0 spiro atoms. The van der Waals surface area contributed by atoms with Crippen molar-refractivity contribution >= 4 is 5.69 Å². The molecule has 4 nitrogen and oxygen atoms in total. The SMILES string of the molecule is COc1cnc(C)cc1NCc1ccccn1. The highest BCUT2D eigenvalue weighted by molar-refractivity contribution is 5.55. The highest BCUT2D eigenvalue weighted by atomic mass is 16.5. The van der Waals surface area contributed by atoms with Gasteiger partial charge in [0.05, 0.1) is 31.2 Å². The van der Waals surface area contributed by atoms with Gasteiger partial charge < -0.3 is 10.1 Å². The summed E-state index contributed by atoms with van der Waals surface area (Å²) in [6.45, 7) is 2.62. The number of pyridine rings is 2. The summed E-state index contributed by atoms with van der Waals surface area (Å²) < 4.78 is 5.24. The van der Waals surface area contributed by atoms with Crippen LogP contribution in [0.5, 0.6) is 5.75 Å². The summed E-state index contributed by atoms with van der Waals surface area (Å²) in [6, 6.07) is 7.81.